The molecule has 1 amide bonds. The summed E-state index contributed by atoms with van der Waals surface area (Å²) in [6, 6.07) is 9.71. The van der Waals surface area contributed by atoms with Crippen molar-refractivity contribution in [1.82, 2.24) is 18.8 Å². The van der Waals surface area contributed by atoms with Crippen LogP contribution in [0.4, 0.5) is 0 Å². The van der Waals surface area contributed by atoms with Gasteiger partial charge in [-0.05, 0) is 43.3 Å². The number of amides is 1. The van der Waals surface area contributed by atoms with Crippen LogP contribution < -0.4 is 5.56 Å². The maximum absolute atomic E-state index is 13.0. The lowest BCUT2D eigenvalue weighted by Crippen LogP contribution is -2.48. The van der Waals surface area contributed by atoms with Crippen molar-refractivity contribution in [2.24, 2.45) is 0 Å². The Morgan fingerprint density at radius 2 is 1.86 bits per heavy atom. The van der Waals surface area contributed by atoms with Gasteiger partial charge in [0.15, 0.2) is 0 Å². The number of carbonyl (C=O) groups excluding carboxylic acids is 1. The molecule has 0 radical (unpaired) electrons. The van der Waals surface area contributed by atoms with Crippen LogP contribution in [0.15, 0.2) is 45.8 Å². The van der Waals surface area contributed by atoms with E-state index in [0.29, 0.717) is 24.9 Å². The first-order valence-electron chi connectivity index (χ1n) is 9.87. The van der Waals surface area contributed by atoms with E-state index < -0.39 is 0 Å². The summed E-state index contributed by atoms with van der Waals surface area (Å²) in [7, 11) is 0. The summed E-state index contributed by atoms with van der Waals surface area (Å²) in [6.45, 7) is 7.23. The quantitative estimate of drug-likeness (QED) is 0.607. The van der Waals surface area contributed by atoms with Gasteiger partial charge in [-0.1, -0.05) is 22.9 Å². The number of hydrogen-bond donors (Lipinski definition) is 0. The SMILES string of the molecule is CCN1CCN(C(=O)CCCn2c(=O)c3cccn3c3ccc(Br)cc32)CC1. The molecule has 0 bridgehead atoms. The molecule has 1 aliphatic heterocycles. The number of aromatic nitrogens is 2. The smallest absolute Gasteiger partial charge is 0.275 e. The average Bonchev–Trinajstić information content (AvgIpc) is 3.20. The van der Waals surface area contributed by atoms with Crippen LogP contribution in [0.25, 0.3) is 16.6 Å². The molecule has 148 valence electrons. The molecule has 0 atom stereocenters. The van der Waals surface area contributed by atoms with Crippen molar-refractivity contribution < 1.29 is 4.79 Å². The highest BCUT2D eigenvalue weighted by Gasteiger charge is 2.20. The zero-order valence-corrected chi connectivity index (χ0v) is 17.7. The Morgan fingerprint density at radius 3 is 2.61 bits per heavy atom. The number of rotatable bonds is 5. The molecule has 0 spiro atoms. The molecule has 0 N–H and O–H groups in total. The van der Waals surface area contributed by atoms with Crippen molar-refractivity contribution in [3.8, 4) is 0 Å². The fraction of sp³-hybridized carbons (Fsp3) is 0.429. The third kappa shape index (κ3) is 3.61. The van der Waals surface area contributed by atoms with E-state index in [4.69, 9.17) is 0 Å². The van der Waals surface area contributed by atoms with Gasteiger partial charge in [-0.15, -0.1) is 0 Å². The summed E-state index contributed by atoms with van der Waals surface area (Å²) in [4.78, 5) is 29.9. The molecular weight excluding hydrogens is 420 g/mol. The number of halogens is 1. The van der Waals surface area contributed by atoms with Gasteiger partial charge in [0.25, 0.3) is 5.56 Å². The Hall–Kier alpha value is -2.12. The minimum atomic E-state index is -0.0143. The van der Waals surface area contributed by atoms with Gasteiger partial charge in [-0.25, -0.2) is 0 Å². The van der Waals surface area contributed by atoms with Crippen LogP contribution in [0.1, 0.15) is 19.8 Å². The fourth-order valence-electron chi connectivity index (χ4n) is 4.01. The van der Waals surface area contributed by atoms with E-state index in [-0.39, 0.29) is 11.5 Å². The van der Waals surface area contributed by atoms with Crippen LogP contribution in [0, 0.1) is 0 Å². The minimum absolute atomic E-state index is 0.0143. The molecular formula is C21H25BrN4O2. The van der Waals surface area contributed by atoms with Crippen molar-refractivity contribution >= 4 is 38.4 Å². The molecule has 1 aliphatic rings. The van der Waals surface area contributed by atoms with Crippen LogP contribution in [0.2, 0.25) is 0 Å². The lowest BCUT2D eigenvalue weighted by Gasteiger charge is -2.34. The Balaban J connectivity index is 1.51. The highest BCUT2D eigenvalue weighted by Crippen LogP contribution is 2.21. The maximum atomic E-state index is 13.0. The summed E-state index contributed by atoms with van der Waals surface area (Å²) in [5.41, 5.74) is 2.52. The van der Waals surface area contributed by atoms with E-state index in [1.54, 1.807) is 4.57 Å². The van der Waals surface area contributed by atoms with Crippen LogP contribution in [-0.2, 0) is 11.3 Å². The first-order chi connectivity index (χ1) is 13.6. The van der Waals surface area contributed by atoms with Crippen LogP contribution in [-0.4, -0.2) is 57.4 Å². The van der Waals surface area contributed by atoms with Gasteiger partial charge in [0.1, 0.15) is 5.52 Å². The molecule has 0 saturated carbocycles. The zero-order valence-electron chi connectivity index (χ0n) is 16.1. The number of nitrogens with zero attached hydrogens (tertiary/aromatic N) is 4. The van der Waals surface area contributed by atoms with E-state index in [2.05, 4.69) is 27.8 Å². The second kappa shape index (κ2) is 8.09. The molecule has 0 unspecified atom stereocenters. The van der Waals surface area contributed by atoms with Gasteiger partial charge >= 0.3 is 0 Å². The van der Waals surface area contributed by atoms with Gasteiger partial charge in [0.2, 0.25) is 5.91 Å². The van der Waals surface area contributed by atoms with Crippen LogP contribution in [0.3, 0.4) is 0 Å². The van der Waals surface area contributed by atoms with Gasteiger partial charge in [0, 0.05) is 49.8 Å². The van der Waals surface area contributed by atoms with E-state index in [9.17, 15) is 9.59 Å². The summed E-state index contributed by atoms with van der Waals surface area (Å²) in [5, 5.41) is 0. The zero-order chi connectivity index (χ0) is 19.7. The van der Waals surface area contributed by atoms with Crippen LogP contribution in [0.5, 0.6) is 0 Å². The largest absolute Gasteiger partial charge is 0.340 e. The lowest BCUT2D eigenvalue weighted by atomic mass is 10.2. The van der Waals surface area contributed by atoms with Crippen LogP contribution >= 0.6 is 15.9 Å². The number of carbonyl (C=O) groups is 1. The predicted molar refractivity (Wildman–Crippen MR) is 115 cm³/mol. The van der Waals surface area contributed by atoms with Gasteiger partial charge < -0.3 is 18.8 Å². The van der Waals surface area contributed by atoms with E-state index in [1.807, 2.05) is 45.8 Å². The molecule has 6 nitrogen and oxygen atoms in total. The van der Waals surface area contributed by atoms with Crippen molar-refractivity contribution in [3.63, 3.8) is 0 Å². The van der Waals surface area contributed by atoms with E-state index in [0.717, 1.165) is 48.2 Å². The van der Waals surface area contributed by atoms with Crippen molar-refractivity contribution in [2.45, 2.75) is 26.3 Å². The number of fused-ring (bicyclic) bond motifs is 3. The second-order valence-electron chi connectivity index (χ2n) is 7.27. The Morgan fingerprint density at radius 1 is 1.07 bits per heavy atom. The number of likely N-dealkylation sites (N-methyl/N-ethyl adjacent to an activating group) is 1. The molecule has 3 heterocycles. The molecule has 0 aliphatic carbocycles. The molecule has 1 aromatic carbocycles. The second-order valence-corrected chi connectivity index (χ2v) is 8.19. The normalized spacial score (nSPS) is 15.6. The summed E-state index contributed by atoms with van der Waals surface area (Å²) < 4.78 is 4.67. The first kappa shape index (κ1) is 19.2. The molecule has 4 rings (SSSR count). The third-order valence-corrected chi connectivity index (χ3v) is 6.14. The van der Waals surface area contributed by atoms with Gasteiger partial charge in [-0.2, -0.15) is 0 Å². The number of benzene rings is 1. The maximum Gasteiger partial charge on any atom is 0.275 e. The van der Waals surface area contributed by atoms with Crippen molar-refractivity contribution in [3.05, 3.63) is 51.4 Å². The van der Waals surface area contributed by atoms with Crippen molar-refractivity contribution in [2.75, 3.05) is 32.7 Å². The number of piperazine rings is 1. The summed E-state index contributed by atoms with van der Waals surface area (Å²) >= 11 is 3.51. The standard InChI is InChI=1S/C21H25BrN4O2/c1-2-23-11-13-24(14-12-23)20(27)6-4-10-26-19-15-16(22)7-8-17(19)25-9-3-5-18(25)21(26)28/h3,5,7-9,15H,2,4,6,10-14H2,1H3. The molecule has 2 aromatic heterocycles. The molecule has 1 saturated heterocycles. The third-order valence-electron chi connectivity index (χ3n) is 5.65. The lowest BCUT2D eigenvalue weighted by molar-refractivity contribution is -0.133. The minimum Gasteiger partial charge on any atom is -0.340 e. The monoisotopic (exact) mass is 444 g/mol. The molecule has 3 aromatic rings. The predicted octanol–water partition coefficient (Wildman–Crippen LogP) is 2.96. The van der Waals surface area contributed by atoms with E-state index >= 15 is 0 Å². The molecule has 28 heavy (non-hydrogen) atoms. The van der Waals surface area contributed by atoms with E-state index in [1.165, 1.54) is 0 Å². The average molecular weight is 445 g/mol. The highest BCUT2D eigenvalue weighted by molar-refractivity contribution is 9.10. The highest BCUT2D eigenvalue weighted by atomic mass is 79.9. The number of hydrogen-bond acceptors (Lipinski definition) is 3. The summed E-state index contributed by atoms with van der Waals surface area (Å²) in [5.74, 6) is 0.193. The fourth-order valence-corrected chi connectivity index (χ4v) is 4.36. The van der Waals surface area contributed by atoms with Gasteiger partial charge in [0.05, 0.1) is 11.0 Å². The topological polar surface area (TPSA) is 50.0 Å². The Labute approximate surface area is 172 Å². The molecule has 7 heteroatoms. The van der Waals surface area contributed by atoms with Gasteiger partial charge in [-0.3, -0.25) is 9.59 Å². The Kier molecular flexibility index (Phi) is 5.55. The molecule has 1 fully saturated rings. The Bertz CT molecular complexity index is 1060. The van der Waals surface area contributed by atoms with Crippen molar-refractivity contribution in [1.29, 1.82) is 0 Å². The summed E-state index contributed by atoms with van der Waals surface area (Å²) in [6.07, 6.45) is 3.04. The number of aryl methyl sites for hydroxylation is 1. The first-order valence-corrected chi connectivity index (χ1v) is 10.7.